The quantitative estimate of drug-likeness (QED) is 0.731. The summed E-state index contributed by atoms with van der Waals surface area (Å²) in [6.07, 6.45) is 5.91. The molecule has 0 aliphatic heterocycles. The predicted octanol–water partition coefficient (Wildman–Crippen LogP) is 3.61. The third-order valence-electron chi connectivity index (χ3n) is 3.84. The molecule has 0 radical (unpaired) electrons. The number of rotatable bonds is 4. The van der Waals surface area contributed by atoms with Crippen LogP contribution in [0.1, 0.15) is 59.8 Å². The average molecular weight is 198 g/mol. The second-order valence-electron chi connectivity index (χ2n) is 6.03. The Kier molecular flexibility index (Phi) is 4.00. The second-order valence-corrected chi connectivity index (χ2v) is 6.03. The number of aliphatic hydroxyl groups is 1. The van der Waals surface area contributed by atoms with Crippen LogP contribution in [0.15, 0.2) is 0 Å². The highest BCUT2D eigenvalue weighted by Gasteiger charge is 2.38. The molecule has 0 aromatic heterocycles. The van der Waals surface area contributed by atoms with Crippen LogP contribution in [0.3, 0.4) is 0 Å². The highest BCUT2D eigenvalue weighted by molar-refractivity contribution is 4.88. The van der Waals surface area contributed by atoms with E-state index in [1.165, 1.54) is 19.3 Å². The molecular formula is C13H26O. The smallest absolute Gasteiger partial charge is 0.0573 e. The van der Waals surface area contributed by atoms with Crippen molar-refractivity contribution < 1.29 is 5.11 Å². The maximum Gasteiger partial charge on any atom is 0.0573 e. The van der Waals surface area contributed by atoms with E-state index in [1.807, 2.05) is 0 Å². The minimum Gasteiger partial charge on any atom is -0.393 e. The van der Waals surface area contributed by atoms with Crippen molar-refractivity contribution in [1.82, 2.24) is 0 Å². The van der Waals surface area contributed by atoms with Crippen molar-refractivity contribution in [3.63, 3.8) is 0 Å². The van der Waals surface area contributed by atoms with Crippen LogP contribution in [-0.4, -0.2) is 11.2 Å². The van der Waals surface area contributed by atoms with Gasteiger partial charge in [-0.2, -0.15) is 0 Å². The fraction of sp³-hybridized carbons (Fsp3) is 1.00. The fourth-order valence-corrected chi connectivity index (χ4v) is 2.77. The summed E-state index contributed by atoms with van der Waals surface area (Å²) in [5.41, 5.74) is 0.371. The molecule has 0 heterocycles. The summed E-state index contributed by atoms with van der Waals surface area (Å²) in [4.78, 5) is 0. The van der Waals surface area contributed by atoms with Crippen LogP contribution in [0.2, 0.25) is 0 Å². The number of hydrogen-bond acceptors (Lipinski definition) is 1. The van der Waals surface area contributed by atoms with Gasteiger partial charge < -0.3 is 5.11 Å². The molecule has 2 atom stereocenters. The van der Waals surface area contributed by atoms with Crippen molar-refractivity contribution in [1.29, 1.82) is 0 Å². The van der Waals surface area contributed by atoms with Crippen LogP contribution in [0, 0.1) is 17.3 Å². The lowest BCUT2D eigenvalue weighted by Gasteiger charge is -2.31. The van der Waals surface area contributed by atoms with E-state index in [1.54, 1.807) is 0 Å². The first-order valence-corrected chi connectivity index (χ1v) is 6.11. The third-order valence-corrected chi connectivity index (χ3v) is 3.84. The molecule has 1 rings (SSSR count). The Morgan fingerprint density at radius 1 is 1.29 bits per heavy atom. The molecule has 0 aromatic carbocycles. The molecule has 0 bridgehead atoms. The summed E-state index contributed by atoms with van der Waals surface area (Å²) in [6, 6.07) is 0. The molecule has 0 amide bonds. The maximum atomic E-state index is 10.1. The molecule has 1 saturated carbocycles. The topological polar surface area (TPSA) is 20.2 Å². The molecule has 0 saturated heterocycles. The molecule has 1 N–H and O–H groups in total. The zero-order valence-electron chi connectivity index (χ0n) is 10.2. The zero-order valence-corrected chi connectivity index (χ0v) is 10.2. The fourth-order valence-electron chi connectivity index (χ4n) is 2.77. The minimum atomic E-state index is -0.0603. The van der Waals surface area contributed by atoms with Crippen LogP contribution in [0.25, 0.3) is 0 Å². The Morgan fingerprint density at radius 3 is 2.36 bits per heavy atom. The van der Waals surface area contributed by atoms with Crippen LogP contribution in [0.4, 0.5) is 0 Å². The first-order chi connectivity index (χ1) is 6.43. The normalized spacial score (nSPS) is 28.3. The van der Waals surface area contributed by atoms with Gasteiger partial charge in [-0.05, 0) is 42.9 Å². The molecule has 1 heteroatoms. The van der Waals surface area contributed by atoms with E-state index in [0.29, 0.717) is 17.3 Å². The highest BCUT2D eigenvalue weighted by atomic mass is 16.3. The molecule has 1 fully saturated rings. The largest absolute Gasteiger partial charge is 0.393 e. The first kappa shape index (κ1) is 12.0. The van der Waals surface area contributed by atoms with Gasteiger partial charge in [-0.15, -0.1) is 0 Å². The van der Waals surface area contributed by atoms with Crippen LogP contribution in [0.5, 0.6) is 0 Å². The molecule has 1 nitrogen and oxygen atoms in total. The SMILES string of the molecule is CC(C)CCC(O)C1CCCC1(C)C. The lowest BCUT2D eigenvalue weighted by molar-refractivity contribution is 0.0436. The van der Waals surface area contributed by atoms with Crippen LogP contribution in [-0.2, 0) is 0 Å². The van der Waals surface area contributed by atoms with Gasteiger partial charge in [0.05, 0.1) is 6.10 Å². The van der Waals surface area contributed by atoms with Crippen molar-refractivity contribution in [2.45, 2.75) is 65.9 Å². The zero-order chi connectivity index (χ0) is 10.8. The third kappa shape index (κ3) is 2.98. The summed E-state index contributed by atoms with van der Waals surface area (Å²) in [7, 11) is 0. The summed E-state index contributed by atoms with van der Waals surface area (Å²) < 4.78 is 0. The number of aliphatic hydroxyl groups excluding tert-OH is 1. The van der Waals surface area contributed by atoms with Crippen molar-refractivity contribution in [3.05, 3.63) is 0 Å². The monoisotopic (exact) mass is 198 g/mol. The molecule has 0 spiro atoms. The Hall–Kier alpha value is -0.0400. The molecular weight excluding hydrogens is 172 g/mol. The predicted molar refractivity (Wildman–Crippen MR) is 61.2 cm³/mol. The molecule has 14 heavy (non-hydrogen) atoms. The van der Waals surface area contributed by atoms with E-state index in [0.717, 1.165) is 12.8 Å². The standard InChI is InChI=1S/C13H26O/c1-10(2)7-8-12(14)11-6-5-9-13(11,3)4/h10-12,14H,5-9H2,1-4H3. The van der Waals surface area contributed by atoms with Crippen LogP contribution < -0.4 is 0 Å². The van der Waals surface area contributed by atoms with Crippen molar-refractivity contribution >= 4 is 0 Å². The average Bonchev–Trinajstić information content (AvgIpc) is 2.41. The van der Waals surface area contributed by atoms with E-state index in [-0.39, 0.29) is 6.10 Å². The van der Waals surface area contributed by atoms with E-state index in [9.17, 15) is 5.11 Å². The summed E-state index contributed by atoms with van der Waals surface area (Å²) in [5.74, 6) is 1.26. The lowest BCUT2D eigenvalue weighted by Crippen LogP contribution is -2.29. The summed E-state index contributed by atoms with van der Waals surface area (Å²) >= 11 is 0. The van der Waals surface area contributed by atoms with Gasteiger partial charge in [0.15, 0.2) is 0 Å². The number of hydrogen-bond donors (Lipinski definition) is 1. The van der Waals surface area contributed by atoms with E-state index in [2.05, 4.69) is 27.7 Å². The maximum absolute atomic E-state index is 10.1. The Bertz CT molecular complexity index is 172. The first-order valence-electron chi connectivity index (χ1n) is 6.11. The van der Waals surface area contributed by atoms with Gasteiger partial charge in [-0.25, -0.2) is 0 Å². The van der Waals surface area contributed by atoms with Gasteiger partial charge in [0, 0.05) is 0 Å². The highest BCUT2D eigenvalue weighted by Crippen LogP contribution is 2.45. The summed E-state index contributed by atoms with van der Waals surface area (Å²) in [6.45, 7) is 9.07. The van der Waals surface area contributed by atoms with E-state index < -0.39 is 0 Å². The Labute approximate surface area is 88.9 Å². The van der Waals surface area contributed by atoms with Crippen molar-refractivity contribution in [3.8, 4) is 0 Å². The van der Waals surface area contributed by atoms with Crippen LogP contribution >= 0.6 is 0 Å². The van der Waals surface area contributed by atoms with Gasteiger partial charge in [0.2, 0.25) is 0 Å². The second kappa shape index (κ2) is 4.65. The molecule has 1 aliphatic rings. The molecule has 2 unspecified atom stereocenters. The van der Waals surface area contributed by atoms with E-state index in [4.69, 9.17) is 0 Å². The Morgan fingerprint density at radius 2 is 1.93 bits per heavy atom. The summed E-state index contributed by atoms with van der Waals surface area (Å²) in [5, 5.41) is 10.1. The van der Waals surface area contributed by atoms with Crippen molar-refractivity contribution in [2.75, 3.05) is 0 Å². The van der Waals surface area contributed by atoms with Gasteiger partial charge in [-0.3, -0.25) is 0 Å². The van der Waals surface area contributed by atoms with Gasteiger partial charge >= 0.3 is 0 Å². The van der Waals surface area contributed by atoms with E-state index >= 15 is 0 Å². The van der Waals surface area contributed by atoms with Gasteiger partial charge in [-0.1, -0.05) is 34.1 Å². The lowest BCUT2D eigenvalue weighted by atomic mass is 9.77. The van der Waals surface area contributed by atoms with Gasteiger partial charge in [0.25, 0.3) is 0 Å². The molecule has 0 aromatic rings. The minimum absolute atomic E-state index is 0.0603. The Balaban J connectivity index is 2.40. The van der Waals surface area contributed by atoms with Gasteiger partial charge in [0.1, 0.15) is 0 Å². The van der Waals surface area contributed by atoms with Crippen molar-refractivity contribution in [2.24, 2.45) is 17.3 Å². The molecule has 84 valence electrons. The molecule has 1 aliphatic carbocycles.